The molecule has 2 N–H and O–H groups in total. The van der Waals surface area contributed by atoms with Gasteiger partial charge in [-0.1, -0.05) is 24.3 Å². The molecule has 2 bridgehead atoms. The van der Waals surface area contributed by atoms with E-state index in [1.165, 1.54) is 11.1 Å². The number of carbonyl (C=O) groups excluding carboxylic acids is 2. The average Bonchev–Trinajstić information content (AvgIpc) is 3.04. The fourth-order valence-corrected chi connectivity index (χ4v) is 5.88. The van der Waals surface area contributed by atoms with Gasteiger partial charge >= 0.3 is 0 Å². The van der Waals surface area contributed by atoms with Gasteiger partial charge in [0.1, 0.15) is 12.4 Å². The topological polar surface area (TPSA) is 91.3 Å². The Morgan fingerprint density at radius 2 is 1.89 bits per heavy atom. The molecule has 2 saturated heterocycles. The van der Waals surface area contributed by atoms with Crippen molar-refractivity contribution in [3.05, 3.63) is 64.7 Å². The number of aliphatic hydroxyl groups excluding tert-OH is 1. The predicted molar refractivity (Wildman–Crippen MR) is 128 cm³/mol. The molecule has 0 aromatic heterocycles. The van der Waals surface area contributed by atoms with Crippen LogP contribution in [0.25, 0.3) is 0 Å². The van der Waals surface area contributed by atoms with Crippen molar-refractivity contribution in [2.75, 3.05) is 32.9 Å². The quantitative estimate of drug-likeness (QED) is 0.695. The van der Waals surface area contributed by atoms with Crippen LogP contribution in [-0.4, -0.2) is 83.9 Å². The highest BCUT2D eigenvalue weighted by atomic mass is 16.5. The summed E-state index contributed by atoms with van der Waals surface area (Å²) >= 11 is 0. The fourth-order valence-electron chi connectivity index (χ4n) is 5.88. The third kappa shape index (κ3) is 4.20. The minimum Gasteiger partial charge on any atom is -0.491 e. The third-order valence-corrected chi connectivity index (χ3v) is 7.82. The molecule has 4 aliphatic heterocycles. The lowest BCUT2D eigenvalue weighted by atomic mass is 9.92. The summed E-state index contributed by atoms with van der Waals surface area (Å²) in [5.41, 5.74) is 3.45. The van der Waals surface area contributed by atoms with Crippen LogP contribution in [0.5, 0.6) is 5.75 Å². The Kier molecular flexibility index (Phi) is 5.96. The van der Waals surface area contributed by atoms with Crippen LogP contribution in [0.2, 0.25) is 0 Å². The molecule has 8 heteroatoms. The van der Waals surface area contributed by atoms with Crippen molar-refractivity contribution in [3.63, 3.8) is 0 Å². The van der Waals surface area contributed by atoms with E-state index in [1.54, 1.807) is 23.1 Å². The van der Waals surface area contributed by atoms with Crippen molar-refractivity contribution in [2.45, 2.75) is 50.0 Å². The van der Waals surface area contributed by atoms with E-state index in [4.69, 9.17) is 9.47 Å². The van der Waals surface area contributed by atoms with Gasteiger partial charge in [0.2, 0.25) is 0 Å². The van der Waals surface area contributed by atoms with Gasteiger partial charge in [-0.2, -0.15) is 0 Å². The molecule has 2 amide bonds. The number of hydrogen-bond acceptors (Lipinski definition) is 6. The monoisotopic (exact) mass is 477 g/mol. The molecule has 4 atom stereocenters. The molecule has 0 spiro atoms. The average molecular weight is 478 g/mol. The number of carbonyl (C=O) groups is 2. The van der Waals surface area contributed by atoms with Gasteiger partial charge < -0.3 is 29.7 Å². The first-order valence-electron chi connectivity index (χ1n) is 12.5. The Hall–Kier alpha value is -2.94. The maximum absolute atomic E-state index is 13.4. The summed E-state index contributed by atoms with van der Waals surface area (Å²) in [5, 5.41) is 14.4. The first-order valence-corrected chi connectivity index (χ1v) is 12.5. The summed E-state index contributed by atoms with van der Waals surface area (Å²) in [4.78, 5) is 30.2. The zero-order valence-corrected chi connectivity index (χ0v) is 19.7. The fraction of sp³-hybridized carbons (Fsp3) is 0.481. The lowest BCUT2D eigenvalue weighted by Gasteiger charge is -2.34. The van der Waals surface area contributed by atoms with Crippen molar-refractivity contribution in [2.24, 2.45) is 0 Å². The predicted octanol–water partition coefficient (Wildman–Crippen LogP) is 1.60. The molecule has 2 fully saturated rings. The third-order valence-electron chi connectivity index (χ3n) is 7.82. The number of morpholine rings is 1. The highest BCUT2D eigenvalue weighted by molar-refractivity contribution is 6.00. The minimum atomic E-state index is -0.702. The second-order valence-corrected chi connectivity index (χ2v) is 9.97. The number of rotatable bonds is 4. The molecule has 4 aliphatic rings. The van der Waals surface area contributed by atoms with Gasteiger partial charge in [-0.05, 0) is 48.6 Å². The minimum absolute atomic E-state index is 0.0279. The number of amides is 2. The Morgan fingerprint density at radius 3 is 2.69 bits per heavy atom. The van der Waals surface area contributed by atoms with Crippen LogP contribution in [0.3, 0.4) is 0 Å². The molecular weight excluding hydrogens is 446 g/mol. The Labute approximate surface area is 204 Å². The molecule has 0 saturated carbocycles. The van der Waals surface area contributed by atoms with Crippen LogP contribution in [0, 0.1) is 0 Å². The first-order chi connectivity index (χ1) is 17.1. The summed E-state index contributed by atoms with van der Waals surface area (Å²) in [6, 6.07) is 13.5. The van der Waals surface area contributed by atoms with E-state index in [2.05, 4.69) is 17.4 Å². The highest BCUT2D eigenvalue weighted by Crippen LogP contribution is 2.32. The Morgan fingerprint density at radius 1 is 1.11 bits per heavy atom. The van der Waals surface area contributed by atoms with Crippen molar-refractivity contribution in [3.8, 4) is 5.75 Å². The summed E-state index contributed by atoms with van der Waals surface area (Å²) in [5.74, 6) is 0.223. The summed E-state index contributed by atoms with van der Waals surface area (Å²) in [7, 11) is 0. The standard InChI is InChI=1S/C27H31N3O5/c31-24(23-11-17-3-1-2-4-19(17)13-28-23)14-29-9-10-35-25-12-18(5-8-22(25)27(29)33)26(32)30-20-6-7-21(30)16-34-15-20/h1-5,8,12,20-21,23-24,28,31H,6-7,9-11,13-16H2. The lowest BCUT2D eigenvalue weighted by molar-refractivity contribution is -0.00717. The molecule has 2 aromatic rings. The number of β-amino-alcohol motifs (C(OH)–C–C–N with tert-alkyl or cyclic N) is 1. The number of fused-ring (bicyclic) bond motifs is 4. The largest absolute Gasteiger partial charge is 0.491 e. The van der Waals surface area contributed by atoms with E-state index >= 15 is 0 Å². The molecule has 35 heavy (non-hydrogen) atoms. The summed E-state index contributed by atoms with van der Waals surface area (Å²) in [6.07, 6.45) is 1.96. The van der Waals surface area contributed by atoms with Gasteiger partial charge in [-0.15, -0.1) is 0 Å². The second kappa shape index (κ2) is 9.26. The van der Waals surface area contributed by atoms with Crippen LogP contribution >= 0.6 is 0 Å². The van der Waals surface area contributed by atoms with Gasteiger partial charge in [-0.3, -0.25) is 9.59 Å². The first kappa shape index (κ1) is 22.5. The number of ether oxygens (including phenoxy) is 2. The number of nitrogens with zero attached hydrogens (tertiary/aromatic N) is 2. The summed E-state index contributed by atoms with van der Waals surface area (Å²) < 4.78 is 11.5. The van der Waals surface area contributed by atoms with Crippen molar-refractivity contribution >= 4 is 11.8 Å². The van der Waals surface area contributed by atoms with Crippen molar-refractivity contribution < 1.29 is 24.2 Å². The van der Waals surface area contributed by atoms with Crippen molar-refractivity contribution in [1.82, 2.24) is 15.1 Å². The highest BCUT2D eigenvalue weighted by Gasteiger charge is 2.41. The van der Waals surface area contributed by atoms with E-state index in [-0.39, 0.29) is 36.5 Å². The second-order valence-electron chi connectivity index (χ2n) is 9.97. The van der Waals surface area contributed by atoms with Gasteiger partial charge in [0.15, 0.2) is 0 Å². The van der Waals surface area contributed by atoms with E-state index in [1.807, 2.05) is 17.0 Å². The van der Waals surface area contributed by atoms with E-state index in [0.29, 0.717) is 49.8 Å². The molecule has 6 rings (SSSR count). The maximum atomic E-state index is 13.4. The summed E-state index contributed by atoms with van der Waals surface area (Å²) in [6.45, 7) is 2.79. The van der Waals surface area contributed by atoms with E-state index in [0.717, 1.165) is 19.3 Å². The zero-order chi connectivity index (χ0) is 23.9. The normalized spacial score (nSPS) is 26.4. The molecule has 4 unspecified atom stereocenters. The number of hydrogen-bond donors (Lipinski definition) is 2. The molecular formula is C27H31N3O5. The zero-order valence-electron chi connectivity index (χ0n) is 19.7. The molecule has 0 radical (unpaired) electrons. The van der Waals surface area contributed by atoms with Gasteiger partial charge in [0.05, 0.1) is 43.5 Å². The van der Waals surface area contributed by atoms with Gasteiger partial charge in [0.25, 0.3) is 11.8 Å². The smallest absolute Gasteiger partial charge is 0.257 e. The number of benzene rings is 2. The maximum Gasteiger partial charge on any atom is 0.257 e. The van der Waals surface area contributed by atoms with Crippen LogP contribution in [0.15, 0.2) is 42.5 Å². The van der Waals surface area contributed by atoms with E-state index < -0.39 is 6.10 Å². The van der Waals surface area contributed by atoms with Crippen LogP contribution in [0.4, 0.5) is 0 Å². The van der Waals surface area contributed by atoms with Crippen LogP contribution in [-0.2, 0) is 17.7 Å². The van der Waals surface area contributed by atoms with Gasteiger partial charge in [0, 0.05) is 24.7 Å². The van der Waals surface area contributed by atoms with Crippen molar-refractivity contribution in [1.29, 1.82) is 0 Å². The number of aliphatic hydroxyl groups is 1. The molecule has 2 aromatic carbocycles. The lowest BCUT2D eigenvalue weighted by Crippen LogP contribution is -2.50. The van der Waals surface area contributed by atoms with Gasteiger partial charge in [-0.25, -0.2) is 0 Å². The molecule has 8 nitrogen and oxygen atoms in total. The van der Waals surface area contributed by atoms with Crippen LogP contribution < -0.4 is 10.1 Å². The number of nitrogens with one attached hydrogen (secondary N) is 1. The Bertz CT molecular complexity index is 1120. The van der Waals surface area contributed by atoms with E-state index in [9.17, 15) is 14.7 Å². The SMILES string of the molecule is O=C1c2ccc(C(=O)N3C4CCC3COC4)cc2OCCN1CC(O)C1Cc2ccccc2CN1. The van der Waals surface area contributed by atoms with Crippen LogP contribution in [0.1, 0.15) is 44.7 Å². The molecule has 0 aliphatic carbocycles. The molecule has 184 valence electrons. The Balaban J connectivity index is 1.15. The molecule has 4 heterocycles.